The molecule has 172 valence electrons. The zero-order valence-corrected chi connectivity index (χ0v) is 19.7. The van der Waals surface area contributed by atoms with Crippen LogP contribution in [0.15, 0.2) is 24.3 Å². The molecule has 6 nitrogen and oxygen atoms in total. The van der Waals surface area contributed by atoms with Gasteiger partial charge in [-0.2, -0.15) is 0 Å². The third-order valence-electron chi connectivity index (χ3n) is 6.92. The number of nitrogens with zero attached hydrogens (tertiary/aromatic N) is 3. The quantitative estimate of drug-likeness (QED) is 0.708. The summed E-state index contributed by atoms with van der Waals surface area (Å²) in [4.78, 5) is 24.8. The average molecular weight is 437 g/mol. The zero-order valence-electron chi connectivity index (χ0n) is 19.7. The third kappa shape index (κ3) is 5.66. The molecule has 1 saturated heterocycles. The predicted molar refractivity (Wildman–Crippen MR) is 126 cm³/mol. The van der Waals surface area contributed by atoms with Crippen LogP contribution in [0.4, 0.5) is 0 Å². The molecule has 1 amide bonds. The first-order valence-corrected chi connectivity index (χ1v) is 12.0. The second-order valence-corrected chi connectivity index (χ2v) is 9.38. The van der Waals surface area contributed by atoms with Crippen molar-refractivity contribution in [3.05, 3.63) is 52.6 Å². The van der Waals surface area contributed by atoms with E-state index in [9.17, 15) is 4.79 Å². The van der Waals surface area contributed by atoms with E-state index < -0.39 is 0 Å². The molecule has 1 N–H and O–H groups in total. The fourth-order valence-electron chi connectivity index (χ4n) is 5.11. The molecule has 6 heteroatoms. The second kappa shape index (κ2) is 10.4. The molecule has 0 unspecified atom stereocenters. The number of aromatic nitrogens is 2. The van der Waals surface area contributed by atoms with Crippen LogP contribution in [0.25, 0.3) is 0 Å². The number of nitrogens with one attached hydrogen (secondary N) is 1. The molecular formula is C26H36N4O2. The van der Waals surface area contributed by atoms with Gasteiger partial charge in [0.15, 0.2) is 0 Å². The van der Waals surface area contributed by atoms with Crippen LogP contribution < -0.4 is 10.1 Å². The van der Waals surface area contributed by atoms with E-state index in [1.54, 1.807) is 7.11 Å². The lowest BCUT2D eigenvalue weighted by Gasteiger charge is -2.23. The van der Waals surface area contributed by atoms with Crippen molar-refractivity contribution in [3.8, 4) is 5.75 Å². The summed E-state index contributed by atoms with van der Waals surface area (Å²) in [6, 6.07) is 8.61. The van der Waals surface area contributed by atoms with Crippen LogP contribution >= 0.6 is 0 Å². The maximum absolute atomic E-state index is 12.6. The average Bonchev–Trinajstić information content (AvgIpc) is 3.25. The number of hydrogen-bond acceptors (Lipinski definition) is 5. The van der Waals surface area contributed by atoms with Gasteiger partial charge in [0.05, 0.1) is 13.5 Å². The number of methoxy groups -OCH3 is 1. The van der Waals surface area contributed by atoms with Crippen molar-refractivity contribution in [2.75, 3.05) is 20.2 Å². The molecule has 0 radical (unpaired) electrons. The summed E-state index contributed by atoms with van der Waals surface area (Å²) < 4.78 is 5.35. The number of rotatable bonds is 7. The Morgan fingerprint density at radius 3 is 2.59 bits per heavy atom. The van der Waals surface area contributed by atoms with Gasteiger partial charge in [-0.1, -0.05) is 31.4 Å². The van der Waals surface area contributed by atoms with Gasteiger partial charge < -0.3 is 10.1 Å². The summed E-state index contributed by atoms with van der Waals surface area (Å²) in [7, 11) is 1.70. The highest BCUT2D eigenvalue weighted by Crippen LogP contribution is 2.28. The molecule has 1 saturated carbocycles. The molecule has 0 spiro atoms. The fraction of sp³-hybridized carbons (Fsp3) is 0.577. The second-order valence-electron chi connectivity index (χ2n) is 9.38. The van der Waals surface area contributed by atoms with Gasteiger partial charge >= 0.3 is 0 Å². The largest absolute Gasteiger partial charge is 0.497 e. The van der Waals surface area contributed by atoms with Gasteiger partial charge in [-0.15, -0.1) is 0 Å². The summed E-state index contributed by atoms with van der Waals surface area (Å²) in [6.45, 7) is 6.94. The molecule has 1 aromatic carbocycles. The van der Waals surface area contributed by atoms with Gasteiger partial charge in [0.2, 0.25) is 5.91 Å². The molecule has 1 aliphatic carbocycles. The third-order valence-corrected chi connectivity index (χ3v) is 6.92. The molecule has 2 aromatic rings. The lowest BCUT2D eigenvalue weighted by molar-refractivity contribution is -0.121. The monoisotopic (exact) mass is 436 g/mol. The van der Waals surface area contributed by atoms with Crippen molar-refractivity contribution in [1.29, 1.82) is 0 Å². The number of likely N-dealkylation sites (tertiary alicyclic amines) is 1. The number of benzene rings is 1. The maximum Gasteiger partial charge on any atom is 0.224 e. The Hall–Kier alpha value is -2.47. The van der Waals surface area contributed by atoms with E-state index in [1.807, 2.05) is 26.0 Å². The van der Waals surface area contributed by atoms with Crippen molar-refractivity contribution >= 4 is 5.91 Å². The van der Waals surface area contributed by atoms with Gasteiger partial charge in [-0.25, -0.2) is 9.97 Å². The van der Waals surface area contributed by atoms with Crippen molar-refractivity contribution in [2.24, 2.45) is 0 Å². The number of aryl methyl sites for hydroxylation is 2. The van der Waals surface area contributed by atoms with Crippen LogP contribution in [-0.4, -0.2) is 47.0 Å². The van der Waals surface area contributed by atoms with Crippen LogP contribution in [0, 0.1) is 13.8 Å². The number of amides is 1. The molecular weight excluding hydrogens is 400 g/mol. The normalized spacial score (nSPS) is 19.8. The highest BCUT2D eigenvalue weighted by atomic mass is 16.5. The maximum atomic E-state index is 12.6. The molecule has 2 fully saturated rings. The van der Waals surface area contributed by atoms with Crippen molar-refractivity contribution in [3.63, 3.8) is 0 Å². The minimum Gasteiger partial charge on any atom is -0.497 e. The molecule has 0 bridgehead atoms. The van der Waals surface area contributed by atoms with Gasteiger partial charge in [-0.3, -0.25) is 9.69 Å². The molecule has 1 aliphatic heterocycles. The van der Waals surface area contributed by atoms with Gasteiger partial charge in [0.25, 0.3) is 0 Å². The van der Waals surface area contributed by atoms with Crippen molar-refractivity contribution < 1.29 is 9.53 Å². The van der Waals surface area contributed by atoms with Crippen molar-refractivity contribution in [1.82, 2.24) is 20.2 Å². The molecule has 1 aromatic heterocycles. The lowest BCUT2D eigenvalue weighted by Crippen LogP contribution is -2.37. The van der Waals surface area contributed by atoms with E-state index >= 15 is 0 Å². The van der Waals surface area contributed by atoms with Gasteiger partial charge in [0, 0.05) is 42.0 Å². The number of ether oxygens (including phenoxy) is 1. The van der Waals surface area contributed by atoms with Gasteiger partial charge in [-0.05, 0) is 57.4 Å². The molecule has 4 rings (SSSR count). The van der Waals surface area contributed by atoms with Crippen LogP contribution in [0.2, 0.25) is 0 Å². The molecule has 1 atom stereocenters. The standard InChI is InChI=1S/C26H36N4O2/c1-18-24(15-25(31)29-22-9-5-4-6-10-22)19(2)28-26(27-18)21-12-13-30(17-21)16-20-8-7-11-23(14-20)32-3/h7-8,11,14,21-22H,4-6,9-10,12-13,15-17H2,1-3H3,(H,29,31)/t21-/m0/s1. The van der Waals surface area contributed by atoms with Crippen LogP contribution in [0.1, 0.15) is 72.8 Å². The molecule has 32 heavy (non-hydrogen) atoms. The van der Waals surface area contributed by atoms with Crippen LogP contribution in [0.5, 0.6) is 5.75 Å². The van der Waals surface area contributed by atoms with Gasteiger partial charge in [0.1, 0.15) is 11.6 Å². The Morgan fingerprint density at radius 2 is 1.88 bits per heavy atom. The van der Waals surface area contributed by atoms with E-state index in [-0.39, 0.29) is 5.91 Å². The lowest BCUT2D eigenvalue weighted by atomic mass is 9.95. The predicted octanol–water partition coefficient (Wildman–Crippen LogP) is 4.08. The number of carbonyl (C=O) groups is 1. The smallest absolute Gasteiger partial charge is 0.224 e. The van der Waals surface area contributed by atoms with E-state index in [0.717, 1.165) is 67.4 Å². The van der Waals surface area contributed by atoms with E-state index in [1.165, 1.54) is 24.8 Å². The topological polar surface area (TPSA) is 67.3 Å². The van der Waals surface area contributed by atoms with E-state index in [2.05, 4.69) is 22.3 Å². The highest BCUT2D eigenvalue weighted by molar-refractivity contribution is 5.79. The summed E-state index contributed by atoms with van der Waals surface area (Å²) >= 11 is 0. The first kappa shape index (κ1) is 22.7. The minimum absolute atomic E-state index is 0.102. The Labute approximate surface area is 191 Å². The summed E-state index contributed by atoms with van der Waals surface area (Å²) in [5, 5.41) is 3.22. The Balaban J connectivity index is 1.36. The summed E-state index contributed by atoms with van der Waals surface area (Å²) in [6.07, 6.45) is 7.37. The fourth-order valence-corrected chi connectivity index (χ4v) is 5.11. The Bertz CT molecular complexity index is 916. The first-order chi connectivity index (χ1) is 15.5. The first-order valence-electron chi connectivity index (χ1n) is 12.0. The highest BCUT2D eigenvalue weighted by Gasteiger charge is 2.27. The van der Waals surface area contributed by atoms with E-state index in [0.29, 0.717) is 18.4 Å². The Morgan fingerprint density at radius 1 is 1.12 bits per heavy atom. The van der Waals surface area contributed by atoms with Crippen LogP contribution in [-0.2, 0) is 17.8 Å². The SMILES string of the molecule is COc1cccc(CN2CC[C@H](c3nc(C)c(CC(=O)NC4CCCCC4)c(C)n3)C2)c1. The minimum atomic E-state index is 0.102. The molecule has 2 heterocycles. The van der Waals surface area contributed by atoms with Crippen LogP contribution in [0.3, 0.4) is 0 Å². The number of hydrogen-bond donors (Lipinski definition) is 1. The zero-order chi connectivity index (χ0) is 22.5. The molecule has 2 aliphatic rings. The van der Waals surface area contributed by atoms with Crippen molar-refractivity contribution in [2.45, 2.75) is 77.3 Å². The van der Waals surface area contributed by atoms with E-state index in [4.69, 9.17) is 14.7 Å². The summed E-state index contributed by atoms with van der Waals surface area (Å²) in [5.41, 5.74) is 4.13. The Kier molecular flexibility index (Phi) is 7.40. The summed E-state index contributed by atoms with van der Waals surface area (Å²) in [5.74, 6) is 2.26. The number of carbonyl (C=O) groups excluding carboxylic acids is 1.